The van der Waals surface area contributed by atoms with Crippen molar-refractivity contribution in [3.8, 4) is 0 Å². The van der Waals surface area contributed by atoms with Crippen molar-refractivity contribution in [2.45, 2.75) is 39.0 Å². The highest BCUT2D eigenvalue weighted by Gasteiger charge is 2.30. The third kappa shape index (κ3) is 8.73. The van der Waals surface area contributed by atoms with Crippen molar-refractivity contribution in [2.75, 3.05) is 59.4 Å². The predicted molar refractivity (Wildman–Crippen MR) is 83.5 cm³/mol. The molecule has 0 radical (unpaired) electrons. The van der Waals surface area contributed by atoms with Crippen molar-refractivity contribution in [1.82, 2.24) is 0 Å². The van der Waals surface area contributed by atoms with E-state index in [1.165, 1.54) is 6.42 Å². The van der Waals surface area contributed by atoms with Gasteiger partial charge in [-0.2, -0.15) is 0 Å². The van der Waals surface area contributed by atoms with Crippen LogP contribution in [-0.2, 0) is 18.9 Å². The maximum Gasteiger partial charge on any atom is 0.0701 e. The largest absolute Gasteiger partial charge is 0.381 e. The summed E-state index contributed by atoms with van der Waals surface area (Å²) in [6, 6.07) is 0. The maximum atomic E-state index is 5.89. The van der Waals surface area contributed by atoms with Crippen molar-refractivity contribution < 1.29 is 18.9 Å². The highest BCUT2D eigenvalue weighted by molar-refractivity contribution is 4.82. The lowest BCUT2D eigenvalue weighted by molar-refractivity contribution is -0.0309. The van der Waals surface area contributed by atoms with Crippen molar-refractivity contribution in [3.05, 3.63) is 0 Å². The van der Waals surface area contributed by atoms with E-state index in [1.807, 2.05) is 0 Å². The summed E-state index contributed by atoms with van der Waals surface area (Å²) in [6.07, 6.45) is 5.53. The molecule has 2 N–H and O–H groups in total. The molecular weight excluding hydrogens is 270 g/mol. The van der Waals surface area contributed by atoms with E-state index in [0.29, 0.717) is 33.0 Å². The smallest absolute Gasteiger partial charge is 0.0701 e. The summed E-state index contributed by atoms with van der Waals surface area (Å²) in [4.78, 5) is 0. The summed E-state index contributed by atoms with van der Waals surface area (Å²) in [5.74, 6) is 0. The quantitative estimate of drug-likeness (QED) is 0.527. The summed E-state index contributed by atoms with van der Waals surface area (Å²) < 4.78 is 22.1. The topological polar surface area (TPSA) is 62.9 Å². The van der Waals surface area contributed by atoms with Crippen LogP contribution in [0.5, 0.6) is 0 Å². The van der Waals surface area contributed by atoms with E-state index in [0.717, 1.165) is 52.1 Å². The van der Waals surface area contributed by atoms with Gasteiger partial charge in [-0.3, -0.25) is 0 Å². The molecule has 0 bridgehead atoms. The van der Waals surface area contributed by atoms with Gasteiger partial charge in [-0.15, -0.1) is 0 Å². The van der Waals surface area contributed by atoms with E-state index in [2.05, 4.69) is 6.92 Å². The number of rotatable bonds is 13. The first kappa shape index (κ1) is 18.8. The zero-order valence-corrected chi connectivity index (χ0v) is 13.6. The van der Waals surface area contributed by atoms with Crippen molar-refractivity contribution in [2.24, 2.45) is 11.1 Å². The molecule has 0 aromatic rings. The molecule has 0 spiro atoms. The molecule has 0 aliphatic carbocycles. The molecule has 1 aliphatic heterocycles. The van der Waals surface area contributed by atoms with Crippen LogP contribution in [-0.4, -0.2) is 59.4 Å². The Bertz CT molecular complexity index is 232. The normalized spacial score (nSPS) is 22.6. The number of unbranched alkanes of at least 4 members (excludes halogenated alkanes) is 1. The average Bonchev–Trinajstić information content (AvgIpc) is 2.53. The van der Waals surface area contributed by atoms with Crippen LogP contribution in [0.15, 0.2) is 0 Å². The fourth-order valence-electron chi connectivity index (χ4n) is 2.45. The van der Waals surface area contributed by atoms with Gasteiger partial charge in [0.15, 0.2) is 0 Å². The van der Waals surface area contributed by atoms with Gasteiger partial charge >= 0.3 is 0 Å². The number of hydrogen-bond donors (Lipinski definition) is 1. The molecule has 1 saturated heterocycles. The first-order valence-electron chi connectivity index (χ1n) is 8.34. The number of nitrogens with two attached hydrogens (primary N) is 1. The first-order chi connectivity index (χ1) is 10.3. The monoisotopic (exact) mass is 303 g/mol. The Hall–Kier alpha value is -0.200. The predicted octanol–water partition coefficient (Wildman–Crippen LogP) is 1.98. The minimum atomic E-state index is 0.131. The van der Waals surface area contributed by atoms with E-state index in [9.17, 15) is 0 Å². The van der Waals surface area contributed by atoms with Gasteiger partial charge in [0.25, 0.3) is 0 Å². The molecular formula is C16H33NO4. The third-order valence-electron chi connectivity index (χ3n) is 4.00. The Morgan fingerprint density at radius 2 is 1.67 bits per heavy atom. The van der Waals surface area contributed by atoms with Crippen LogP contribution in [0.4, 0.5) is 0 Å². The zero-order valence-electron chi connectivity index (χ0n) is 13.6. The van der Waals surface area contributed by atoms with E-state index >= 15 is 0 Å². The Labute approximate surface area is 129 Å². The molecule has 21 heavy (non-hydrogen) atoms. The van der Waals surface area contributed by atoms with E-state index < -0.39 is 0 Å². The van der Waals surface area contributed by atoms with E-state index in [4.69, 9.17) is 24.7 Å². The highest BCUT2D eigenvalue weighted by atomic mass is 16.5. The molecule has 0 amide bonds. The highest BCUT2D eigenvalue weighted by Crippen LogP contribution is 2.30. The molecule has 1 aliphatic rings. The SMILES string of the molecule is CCCCOCCOCCOCCC1(CN)CCCOC1. The van der Waals surface area contributed by atoms with Gasteiger partial charge in [0.2, 0.25) is 0 Å². The van der Waals surface area contributed by atoms with Gasteiger partial charge in [-0.25, -0.2) is 0 Å². The maximum absolute atomic E-state index is 5.89. The molecule has 1 heterocycles. The second-order valence-electron chi connectivity index (χ2n) is 5.80. The van der Waals surface area contributed by atoms with Crippen LogP contribution in [0.1, 0.15) is 39.0 Å². The lowest BCUT2D eigenvalue weighted by atomic mass is 9.80. The Balaban J connectivity index is 1.87. The number of ether oxygens (including phenoxy) is 4. The molecule has 1 fully saturated rings. The Morgan fingerprint density at radius 3 is 2.24 bits per heavy atom. The fourth-order valence-corrected chi connectivity index (χ4v) is 2.45. The summed E-state index contributed by atoms with van der Waals surface area (Å²) >= 11 is 0. The summed E-state index contributed by atoms with van der Waals surface area (Å²) in [5.41, 5.74) is 6.03. The molecule has 1 atom stereocenters. The van der Waals surface area contributed by atoms with Crippen LogP contribution < -0.4 is 5.73 Å². The van der Waals surface area contributed by atoms with Crippen LogP contribution in [0.2, 0.25) is 0 Å². The van der Waals surface area contributed by atoms with Gasteiger partial charge in [0.1, 0.15) is 0 Å². The minimum Gasteiger partial charge on any atom is -0.381 e. The van der Waals surface area contributed by atoms with Crippen LogP contribution in [0.25, 0.3) is 0 Å². The van der Waals surface area contributed by atoms with Crippen molar-refractivity contribution in [1.29, 1.82) is 0 Å². The van der Waals surface area contributed by atoms with Crippen LogP contribution in [0.3, 0.4) is 0 Å². The van der Waals surface area contributed by atoms with E-state index in [1.54, 1.807) is 0 Å². The van der Waals surface area contributed by atoms with Crippen molar-refractivity contribution in [3.63, 3.8) is 0 Å². The second kappa shape index (κ2) is 12.4. The third-order valence-corrected chi connectivity index (χ3v) is 4.00. The molecule has 1 unspecified atom stereocenters. The van der Waals surface area contributed by atoms with E-state index in [-0.39, 0.29) is 5.41 Å². The summed E-state index contributed by atoms with van der Waals surface area (Å²) in [5, 5.41) is 0. The summed E-state index contributed by atoms with van der Waals surface area (Å²) in [7, 11) is 0. The Kier molecular flexibility index (Phi) is 11.1. The minimum absolute atomic E-state index is 0.131. The standard InChI is InChI=1S/C16H33NO4/c1-2-3-7-18-10-12-20-13-11-19-9-6-16(14-17)5-4-8-21-15-16/h2-15,17H2,1H3. The molecule has 0 saturated carbocycles. The number of hydrogen-bond acceptors (Lipinski definition) is 5. The Morgan fingerprint density at radius 1 is 1.00 bits per heavy atom. The van der Waals surface area contributed by atoms with Crippen LogP contribution in [0, 0.1) is 5.41 Å². The molecule has 126 valence electrons. The van der Waals surface area contributed by atoms with Gasteiger partial charge in [-0.05, 0) is 25.7 Å². The molecule has 5 heteroatoms. The van der Waals surface area contributed by atoms with Crippen LogP contribution >= 0.6 is 0 Å². The lowest BCUT2D eigenvalue weighted by Crippen LogP contribution is -2.39. The molecule has 1 rings (SSSR count). The van der Waals surface area contributed by atoms with Gasteiger partial charge in [0, 0.05) is 31.8 Å². The fraction of sp³-hybridized carbons (Fsp3) is 1.00. The van der Waals surface area contributed by atoms with Gasteiger partial charge < -0.3 is 24.7 Å². The second-order valence-corrected chi connectivity index (χ2v) is 5.80. The zero-order chi connectivity index (χ0) is 15.2. The first-order valence-corrected chi connectivity index (χ1v) is 8.34. The molecule has 0 aromatic heterocycles. The summed E-state index contributed by atoms with van der Waals surface area (Å²) in [6.45, 7) is 8.64. The molecule has 0 aromatic carbocycles. The van der Waals surface area contributed by atoms with Crippen molar-refractivity contribution >= 4 is 0 Å². The molecule has 5 nitrogen and oxygen atoms in total. The average molecular weight is 303 g/mol. The van der Waals surface area contributed by atoms with Gasteiger partial charge in [0.05, 0.1) is 33.0 Å². The van der Waals surface area contributed by atoms with Gasteiger partial charge in [-0.1, -0.05) is 13.3 Å². The lowest BCUT2D eigenvalue weighted by Gasteiger charge is -2.35.